The van der Waals surface area contributed by atoms with Crippen molar-refractivity contribution < 1.29 is 9.59 Å². The summed E-state index contributed by atoms with van der Waals surface area (Å²) >= 11 is 1.37. The molecule has 1 aromatic rings. The van der Waals surface area contributed by atoms with Gasteiger partial charge in [0.2, 0.25) is 5.91 Å². The quantitative estimate of drug-likeness (QED) is 0.428. The van der Waals surface area contributed by atoms with Gasteiger partial charge in [0.25, 0.3) is 5.91 Å². The number of carbonyl (C=O) groups excluding carboxylic acids is 2. The summed E-state index contributed by atoms with van der Waals surface area (Å²) in [5, 5.41) is 6.50. The number of hydrogen-bond acceptors (Lipinski definition) is 6. The number of benzene rings is 1. The van der Waals surface area contributed by atoms with Crippen LogP contribution < -0.4 is 16.4 Å². The summed E-state index contributed by atoms with van der Waals surface area (Å²) in [5.41, 5.74) is 8.61. The van der Waals surface area contributed by atoms with Crippen LogP contribution >= 0.6 is 11.8 Å². The van der Waals surface area contributed by atoms with Crippen molar-refractivity contribution in [3.8, 4) is 0 Å². The summed E-state index contributed by atoms with van der Waals surface area (Å²) in [4.78, 5) is 29.5. The molecule has 0 aromatic heterocycles. The predicted molar refractivity (Wildman–Crippen MR) is 137 cm³/mol. The maximum absolute atomic E-state index is 12.9. The summed E-state index contributed by atoms with van der Waals surface area (Å²) < 4.78 is 0. The fraction of sp³-hybridized carbons (Fsp3) is 0.600. The van der Waals surface area contributed by atoms with Gasteiger partial charge < -0.3 is 26.2 Å². The number of hydrogen-bond donors (Lipinski definition) is 3. The van der Waals surface area contributed by atoms with Crippen LogP contribution in [0.5, 0.6) is 0 Å². The van der Waals surface area contributed by atoms with Crippen LogP contribution in [0.2, 0.25) is 0 Å². The number of nitrogens with one attached hydrogen (secondary N) is 2. The Labute approximate surface area is 202 Å². The monoisotopic (exact) mass is 473 g/mol. The highest BCUT2D eigenvalue weighted by atomic mass is 32.2. The maximum Gasteiger partial charge on any atom is 0.269 e. The minimum absolute atomic E-state index is 0.00911. The average Bonchev–Trinajstić information content (AvgIpc) is 3.43. The van der Waals surface area contributed by atoms with E-state index in [0.29, 0.717) is 30.6 Å². The molecule has 2 amide bonds. The van der Waals surface area contributed by atoms with E-state index in [9.17, 15) is 9.59 Å². The van der Waals surface area contributed by atoms with Gasteiger partial charge in [-0.2, -0.15) is 0 Å². The second-order valence-corrected chi connectivity index (χ2v) is 10.4. The van der Waals surface area contributed by atoms with Gasteiger partial charge in [0.15, 0.2) is 0 Å². The van der Waals surface area contributed by atoms with Crippen molar-refractivity contribution in [2.45, 2.75) is 51.7 Å². The highest BCUT2D eigenvalue weighted by Crippen LogP contribution is 2.36. The van der Waals surface area contributed by atoms with E-state index in [1.165, 1.54) is 43.3 Å². The molecule has 0 saturated carbocycles. The molecule has 1 atom stereocenters. The molecule has 2 aliphatic heterocycles. The highest BCUT2D eigenvalue weighted by Gasteiger charge is 2.38. The Morgan fingerprint density at radius 1 is 1.21 bits per heavy atom. The molecule has 0 aliphatic carbocycles. The van der Waals surface area contributed by atoms with Gasteiger partial charge in [0, 0.05) is 31.9 Å². The topological polar surface area (TPSA) is 90.7 Å². The van der Waals surface area contributed by atoms with E-state index in [2.05, 4.69) is 53.6 Å². The molecule has 2 aliphatic rings. The molecule has 2 fully saturated rings. The van der Waals surface area contributed by atoms with Gasteiger partial charge in [0.05, 0.1) is 0 Å². The molecule has 0 unspecified atom stereocenters. The van der Waals surface area contributed by atoms with Gasteiger partial charge in [-0.15, -0.1) is 0 Å². The van der Waals surface area contributed by atoms with Crippen LogP contribution in [0.4, 0.5) is 5.69 Å². The molecule has 0 spiro atoms. The first kappa shape index (κ1) is 25.4. The molecule has 1 aromatic carbocycles. The SMILES string of the molecule is CCN1C(=O)[C@@H](CNc2ccc(CCN3CCCC3)cc2)S/C1=C(/N)C(=O)NCCC(C)C. The fourth-order valence-electron chi connectivity index (χ4n) is 4.12. The van der Waals surface area contributed by atoms with Crippen molar-refractivity contribution in [1.82, 2.24) is 15.1 Å². The lowest BCUT2D eigenvalue weighted by atomic mass is 10.1. The zero-order valence-corrected chi connectivity index (χ0v) is 21.0. The number of nitrogens with two attached hydrogens (primary N) is 1. The molecule has 33 heavy (non-hydrogen) atoms. The van der Waals surface area contributed by atoms with E-state index in [1.54, 1.807) is 4.90 Å². The zero-order chi connectivity index (χ0) is 23.8. The molecule has 4 N–H and O–H groups in total. The maximum atomic E-state index is 12.9. The molecular formula is C25H39N5O2S. The molecule has 2 heterocycles. The second kappa shape index (κ2) is 12.3. The Morgan fingerprint density at radius 3 is 2.55 bits per heavy atom. The van der Waals surface area contributed by atoms with Crippen LogP contribution in [0.25, 0.3) is 0 Å². The van der Waals surface area contributed by atoms with E-state index in [1.807, 2.05) is 6.92 Å². The Kier molecular flexibility index (Phi) is 9.50. The van der Waals surface area contributed by atoms with Crippen molar-refractivity contribution in [3.05, 3.63) is 40.6 Å². The third kappa shape index (κ3) is 7.14. The third-order valence-electron chi connectivity index (χ3n) is 6.20. The van der Waals surface area contributed by atoms with Gasteiger partial charge in [-0.3, -0.25) is 9.59 Å². The Morgan fingerprint density at radius 2 is 1.91 bits per heavy atom. The first-order chi connectivity index (χ1) is 15.9. The highest BCUT2D eigenvalue weighted by molar-refractivity contribution is 8.04. The van der Waals surface area contributed by atoms with Crippen molar-refractivity contribution in [3.63, 3.8) is 0 Å². The molecule has 0 bridgehead atoms. The minimum Gasteiger partial charge on any atom is -0.392 e. The predicted octanol–water partition coefficient (Wildman–Crippen LogP) is 2.99. The summed E-state index contributed by atoms with van der Waals surface area (Å²) in [6, 6.07) is 8.47. The van der Waals surface area contributed by atoms with Crippen LogP contribution in [0.3, 0.4) is 0 Å². The standard InChI is InChI=1S/C25H39N5O2S/c1-4-30-24(32)21(33-25(30)22(26)23(31)27-13-11-18(2)3)17-28-20-9-7-19(8-10-20)12-16-29-14-5-6-15-29/h7-10,18,21,28H,4-6,11-17,26H2,1-3H3,(H,27,31)/b25-22+/t21-/m1/s1. The fourth-order valence-corrected chi connectivity index (χ4v) is 5.35. The number of nitrogens with zero attached hydrogens (tertiary/aromatic N) is 2. The Balaban J connectivity index is 1.53. The molecule has 182 valence electrons. The summed E-state index contributed by atoms with van der Waals surface area (Å²) in [6.45, 7) is 11.2. The van der Waals surface area contributed by atoms with Crippen molar-refractivity contribution >= 4 is 29.3 Å². The number of amides is 2. The summed E-state index contributed by atoms with van der Waals surface area (Å²) in [6.07, 6.45) is 4.60. The molecule has 3 rings (SSSR count). The van der Waals surface area contributed by atoms with Crippen LogP contribution in [0, 0.1) is 5.92 Å². The van der Waals surface area contributed by atoms with Gasteiger partial charge in [-0.05, 0) is 69.3 Å². The number of rotatable bonds is 11. The van der Waals surface area contributed by atoms with Crippen molar-refractivity contribution in [1.29, 1.82) is 0 Å². The van der Waals surface area contributed by atoms with Crippen molar-refractivity contribution in [2.75, 3.05) is 44.6 Å². The number of anilines is 1. The summed E-state index contributed by atoms with van der Waals surface area (Å²) in [5.74, 6) is 0.191. The van der Waals surface area contributed by atoms with E-state index in [0.717, 1.165) is 25.1 Å². The van der Waals surface area contributed by atoms with Gasteiger partial charge in [0.1, 0.15) is 16.0 Å². The van der Waals surface area contributed by atoms with Crippen LogP contribution in [0.15, 0.2) is 35.0 Å². The average molecular weight is 474 g/mol. The lowest BCUT2D eigenvalue weighted by Crippen LogP contribution is -2.35. The third-order valence-corrected chi connectivity index (χ3v) is 7.52. The van der Waals surface area contributed by atoms with Crippen LogP contribution in [-0.2, 0) is 16.0 Å². The number of carbonyl (C=O) groups is 2. The second-order valence-electron chi connectivity index (χ2n) is 9.22. The van der Waals surface area contributed by atoms with Crippen LogP contribution in [-0.4, -0.2) is 66.1 Å². The zero-order valence-electron chi connectivity index (χ0n) is 20.2. The van der Waals surface area contributed by atoms with E-state index in [4.69, 9.17) is 5.73 Å². The molecule has 0 radical (unpaired) electrons. The number of likely N-dealkylation sites (tertiary alicyclic amines) is 1. The van der Waals surface area contributed by atoms with Gasteiger partial charge in [-0.1, -0.05) is 37.7 Å². The molecule has 8 heteroatoms. The Hall–Kier alpha value is -2.19. The minimum atomic E-state index is -0.309. The lowest BCUT2D eigenvalue weighted by Gasteiger charge is -2.17. The summed E-state index contributed by atoms with van der Waals surface area (Å²) in [7, 11) is 0. The lowest BCUT2D eigenvalue weighted by molar-refractivity contribution is -0.127. The van der Waals surface area contributed by atoms with Gasteiger partial charge in [-0.25, -0.2) is 0 Å². The van der Waals surface area contributed by atoms with Gasteiger partial charge >= 0.3 is 0 Å². The first-order valence-electron chi connectivity index (χ1n) is 12.2. The van der Waals surface area contributed by atoms with Crippen molar-refractivity contribution in [2.24, 2.45) is 11.7 Å². The van der Waals surface area contributed by atoms with E-state index >= 15 is 0 Å². The van der Waals surface area contributed by atoms with E-state index in [-0.39, 0.29) is 22.8 Å². The smallest absolute Gasteiger partial charge is 0.269 e. The van der Waals surface area contributed by atoms with Crippen LogP contribution in [0.1, 0.15) is 45.6 Å². The molecule has 7 nitrogen and oxygen atoms in total. The van der Waals surface area contributed by atoms with E-state index < -0.39 is 0 Å². The normalized spacial score (nSPS) is 20.5. The Bertz CT molecular complexity index is 834. The molecule has 2 saturated heterocycles. The first-order valence-corrected chi connectivity index (χ1v) is 13.1. The molecular weight excluding hydrogens is 434 g/mol. The largest absolute Gasteiger partial charge is 0.392 e. The number of thioether (sulfide) groups is 1.